The van der Waals surface area contributed by atoms with Crippen molar-refractivity contribution in [2.75, 3.05) is 17.5 Å². The highest BCUT2D eigenvalue weighted by Gasteiger charge is 2.27. The van der Waals surface area contributed by atoms with Crippen molar-refractivity contribution < 1.29 is 22.7 Å². The van der Waals surface area contributed by atoms with E-state index in [1.165, 1.54) is 30.5 Å². The summed E-state index contributed by atoms with van der Waals surface area (Å²) in [5, 5.41) is 7.27. The number of benzene rings is 4. The minimum atomic E-state index is -4.09. The van der Waals surface area contributed by atoms with Gasteiger partial charge in [-0.25, -0.2) is 13.8 Å². The number of anilines is 1. The van der Waals surface area contributed by atoms with Crippen LogP contribution in [0.2, 0.25) is 5.02 Å². The Labute approximate surface area is 262 Å². The molecule has 0 bridgehead atoms. The summed E-state index contributed by atoms with van der Waals surface area (Å²) in [6.45, 7) is 5.05. The van der Waals surface area contributed by atoms with Crippen molar-refractivity contribution >= 4 is 45.3 Å². The Kier molecular flexibility index (Phi) is 10.8. The predicted octanol–water partition coefficient (Wildman–Crippen LogP) is 5.56. The quantitative estimate of drug-likeness (QED) is 0.157. The maximum atomic E-state index is 13.5. The van der Waals surface area contributed by atoms with Crippen molar-refractivity contribution in [3.8, 4) is 5.75 Å². The number of ether oxygens (including phenoxy) is 1. The van der Waals surface area contributed by atoms with Gasteiger partial charge >= 0.3 is 0 Å². The highest BCUT2D eigenvalue weighted by Crippen LogP contribution is 2.26. The van der Waals surface area contributed by atoms with Crippen molar-refractivity contribution in [3.05, 3.63) is 124 Å². The number of carbonyl (C=O) groups excluding carboxylic acids is 2. The highest BCUT2D eigenvalue weighted by molar-refractivity contribution is 7.92. The molecule has 4 aromatic rings. The first-order valence-electron chi connectivity index (χ1n) is 13.8. The van der Waals surface area contributed by atoms with Crippen LogP contribution >= 0.6 is 11.6 Å². The third-order valence-corrected chi connectivity index (χ3v) is 8.84. The van der Waals surface area contributed by atoms with E-state index >= 15 is 0 Å². The van der Waals surface area contributed by atoms with E-state index < -0.39 is 22.5 Å². The van der Waals surface area contributed by atoms with Crippen LogP contribution in [0, 0.1) is 13.8 Å². The molecular weight excluding hydrogens is 600 g/mol. The highest BCUT2D eigenvalue weighted by atomic mass is 35.5. The van der Waals surface area contributed by atoms with Crippen molar-refractivity contribution in [2.24, 2.45) is 5.10 Å². The van der Waals surface area contributed by atoms with Gasteiger partial charge in [0.25, 0.3) is 21.8 Å². The third kappa shape index (κ3) is 8.68. The first kappa shape index (κ1) is 32.2. The normalized spacial score (nSPS) is 12.0. The molecule has 0 aliphatic rings. The molecule has 0 saturated heterocycles. The van der Waals surface area contributed by atoms with E-state index in [0.29, 0.717) is 22.0 Å². The average Bonchev–Trinajstić information content (AvgIpc) is 3.01. The number of hydrogen-bond donors (Lipinski definition) is 2. The zero-order valence-corrected chi connectivity index (χ0v) is 26.1. The van der Waals surface area contributed by atoms with Gasteiger partial charge in [0.15, 0.2) is 6.61 Å². The summed E-state index contributed by atoms with van der Waals surface area (Å²) in [7, 11) is -4.09. The van der Waals surface area contributed by atoms with Crippen LogP contribution in [-0.2, 0) is 19.6 Å². The Hall–Kier alpha value is -4.67. The Balaban J connectivity index is 1.35. The van der Waals surface area contributed by atoms with Crippen LogP contribution in [0.1, 0.15) is 35.2 Å². The summed E-state index contributed by atoms with van der Waals surface area (Å²) in [4.78, 5) is 25.1. The van der Waals surface area contributed by atoms with Crippen molar-refractivity contribution in [1.29, 1.82) is 0 Å². The largest absolute Gasteiger partial charge is 0.484 e. The second-order valence-corrected chi connectivity index (χ2v) is 12.4. The summed E-state index contributed by atoms with van der Waals surface area (Å²) >= 11 is 5.95. The molecule has 2 N–H and O–H groups in total. The predicted molar refractivity (Wildman–Crippen MR) is 173 cm³/mol. The minimum Gasteiger partial charge on any atom is -0.484 e. The van der Waals surface area contributed by atoms with E-state index in [1.54, 1.807) is 42.5 Å². The molecule has 44 heavy (non-hydrogen) atoms. The molecule has 1 atom stereocenters. The summed E-state index contributed by atoms with van der Waals surface area (Å²) in [5.41, 5.74) is 6.27. The second-order valence-electron chi connectivity index (χ2n) is 10.1. The maximum Gasteiger partial charge on any atom is 0.264 e. The van der Waals surface area contributed by atoms with E-state index in [0.717, 1.165) is 21.0 Å². The fourth-order valence-corrected chi connectivity index (χ4v) is 5.72. The summed E-state index contributed by atoms with van der Waals surface area (Å²) in [6.07, 6.45) is 1.42. The van der Waals surface area contributed by atoms with Gasteiger partial charge in [0, 0.05) is 5.02 Å². The minimum absolute atomic E-state index is 0.00178. The molecule has 0 spiro atoms. The lowest BCUT2D eigenvalue weighted by atomic mass is 10.1. The van der Waals surface area contributed by atoms with Crippen LogP contribution in [0.5, 0.6) is 5.75 Å². The van der Waals surface area contributed by atoms with Gasteiger partial charge in [0.05, 0.1) is 22.8 Å². The molecule has 0 saturated carbocycles. The molecule has 0 fully saturated rings. The molecule has 4 aromatic carbocycles. The van der Waals surface area contributed by atoms with Crippen LogP contribution in [-0.4, -0.2) is 39.6 Å². The van der Waals surface area contributed by atoms with E-state index in [9.17, 15) is 18.0 Å². The van der Waals surface area contributed by atoms with Gasteiger partial charge in [-0.15, -0.1) is 0 Å². The molecule has 0 aliphatic carbocycles. The number of amides is 2. The lowest BCUT2D eigenvalue weighted by Gasteiger charge is -2.24. The smallest absolute Gasteiger partial charge is 0.264 e. The number of halogens is 1. The number of carbonyl (C=O) groups is 2. The van der Waals surface area contributed by atoms with Gasteiger partial charge in [-0.2, -0.15) is 5.10 Å². The Morgan fingerprint density at radius 3 is 2.25 bits per heavy atom. The summed E-state index contributed by atoms with van der Waals surface area (Å²) in [5.74, 6) is -0.388. The molecule has 4 rings (SSSR count). The van der Waals surface area contributed by atoms with Gasteiger partial charge in [-0.1, -0.05) is 48.0 Å². The van der Waals surface area contributed by atoms with Crippen LogP contribution < -0.4 is 19.8 Å². The molecule has 0 aliphatic heterocycles. The van der Waals surface area contributed by atoms with Crippen molar-refractivity contribution in [3.63, 3.8) is 0 Å². The molecule has 0 radical (unpaired) electrons. The van der Waals surface area contributed by atoms with Crippen molar-refractivity contribution in [2.45, 2.75) is 31.7 Å². The molecule has 0 heterocycles. The van der Waals surface area contributed by atoms with E-state index in [4.69, 9.17) is 16.3 Å². The monoisotopic (exact) mass is 632 g/mol. The Morgan fingerprint density at radius 1 is 0.909 bits per heavy atom. The fraction of sp³-hybridized carbons (Fsp3) is 0.182. The molecule has 228 valence electrons. The van der Waals surface area contributed by atoms with Gasteiger partial charge in [-0.05, 0) is 104 Å². The lowest BCUT2D eigenvalue weighted by molar-refractivity contribution is -0.123. The Morgan fingerprint density at radius 2 is 1.59 bits per heavy atom. The molecular formula is C33H33ClN4O5S. The van der Waals surface area contributed by atoms with Gasteiger partial charge < -0.3 is 10.1 Å². The zero-order valence-electron chi connectivity index (χ0n) is 24.5. The third-order valence-electron chi connectivity index (χ3n) is 6.80. The SMILES string of the molecule is Cc1ccc(N(CC(=O)N/N=C\c2ccc(OCC(=O)N[C@@H](C)c3ccccc3)cc2)S(=O)(=O)c2ccc(Cl)cc2)cc1C. The molecule has 2 amide bonds. The van der Waals surface area contributed by atoms with Gasteiger partial charge in [-0.3, -0.25) is 13.9 Å². The fourth-order valence-electron chi connectivity index (χ4n) is 4.18. The number of nitrogens with zero attached hydrogens (tertiary/aromatic N) is 2. The second kappa shape index (κ2) is 14.7. The number of hydrazone groups is 1. The summed E-state index contributed by atoms with van der Waals surface area (Å²) < 4.78 is 33.7. The van der Waals surface area contributed by atoms with Crippen molar-refractivity contribution in [1.82, 2.24) is 10.7 Å². The molecule has 11 heteroatoms. The van der Waals surface area contributed by atoms with Crippen LogP contribution in [0.25, 0.3) is 0 Å². The van der Waals surface area contributed by atoms with Crippen LogP contribution in [0.4, 0.5) is 5.69 Å². The van der Waals surface area contributed by atoms with E-state index in [2.05, 4.69) is 15.8 Å². The number of aryl methyl sites for hydroxylation is 2. The zero-order chi connectivity index (χ0) is 31.7. The summed E-state index contributed by atoms with van der Waals surface area (Å²) in [6, 6.07) is 27.2. The van der Waals surface area contributed by atoms with Gasteiger partial charge in [0.2, 0.25) is 0 Å². The number of nitrogens with one attached hydrogen (secondary N) is 2. The molecule has 0 unspecified atom stereocenters. The maximum absolute atomic E-state index is 13.5. The first-order chi connectivity index (χ1) is 21.0. The van der Waals surface area contributed by atoms with E-state index in [1.807, 2.05) is 51.1 Å². The van der Waals surface area contributed by atoms with Crippen LogP contribution in [0.3, 0.4) is 0 Å². The molecule has 9 nitrogen and oxygen atoms in total. The van der Waals surface area contributed by atoms with E-state index in [-0.39, 0.29) is 23.5 Å². The average molecular weight is 633 g/mol. The topological polar surface area (TPSA) is 117 Å². The van der Waals surface area contributed by atoms with Crippen LogP contribution in [0.15, 0.2) is 107 Å². The number of sulfonamides is 1. The standard InChI is InChI=1S/C33H33ClN4O5S/c1-23-9-14-29(19-24(23)2)38(44(41,42)31-17-12-28(34)13-18-31)21-32(39)37-35-20-26-10-15-30(16-11-26)43-22-33(40)36-25(3)27-7-5-4-6-8-27/h4-20,25H,21-22H2,1-3H3,(H,36,40)(H,37,39)/b35-20-/t25-/m0/s1. The number of rotatable bonds is 12. The van der Waals surface area contributed by atoms with Gasteiger partial charge in [0.1, 0.15) is 12.3 Å². The lowest BCUT2D eigenvalue weighted by Crippen LogP contribution is -2.39. The number of hydrogen-bond acceptors (Lipinski definition) is 6. The molecule has 0 aromatic heterocycles. The first-order valence-corrected chi connectivity index (χ1v) is 15.6. The Bertz CT molecular complexity index is 1730.